The molecule has 1 aromatic rings. The molecule has 0 spiro atoms. The maximum absolute atomic E-state index is 4.20. The third-order valence-electron chi connectivity index (χ3n) is 2.59. The summed E-state index contributed by atoms with van der Waals surface area (Å²) >= 11 is 0. The van der Waals surface area contributed by atoms with Crippen LogP contribution in [0.3, 0.4) is 0 Å². The van der Waals surface area contributed by atoms with Gasteiger partial charge in [0.2, 0.25) is 0 Å². The SMILES string of the molecule is CC[C@H](C)NCc1cnn(C)c1C. The van der Waals surface area contributed by atoms with Gasteiger partial charge >= 0.3 is 0 Å². The molecule has 0 radical (unpaired) electrons. The average Bonchev–Trinajstić information content (AvgIpc) is 2.44. The van der Waals surface area contributed by atoms with Gasteiger partial charge in [-0.2, -0.15) is 5.10 Å². The van der Waals surface area contributed by atoms with E-state index in [1.54, 1.807) is 0 Å². The molecule has 1 N–H and O–H groups in total. The zero-order valence-corrected chi connectivity index (χ0v) is 8.96. The van der Waals surface area contributed by atoms with E-state index in [1.165, 1.54) is 17.7 Å². The molecule has 0 amide bonds. The molecule has 74 valence electrons. The van der Waals surface area contributed by atoms with Crippen molar-refractivity contribution in [1.29, 1.82) is 0 Å². The van der Waals surface area contributed by atoms with Crippen LogP contribution in [0, 0.1) is 6.92 Å². The van der Waals surface area contributed by atoms with E-state index in [0.29, 0.717) is 6.04 Å². The molecule has 1 aromatic heterocycles. The minimum atomic E-state index is 0.583. The second-order valence-electron chi connectivity index (χ2n) is 3.57. The fourth-order valence-electron chi connectivity index (χ4n) is 1.15. The lowest BCUT2D eigenvalue weighted by Crippen LogP contribution is -2.24. The molecule has 0 saturated carbocycles. The summed E-state index contributed by atoms with van der Waals surface area (Å²) in [4.78, 5) is 0. The van der Waals surface area contributed by atoms with Crippen LogP contribution in [0.1, 0.15) is 31.5 Å². The smallest absolute Gasteiger partial charge is 0.0537 e. The first kappa shape index (κ1) is 10.3. The van der Waals surface area contributed by atoms with Crippen LogP contribution >= 0.6 is 0 Å². The Morgan fingerprint density at radius 2 is 2.31 bits per heavy atom. The second kappa shape index (κ2) is 4.42. The molecule has 0 aliphatic heterocycles. The highest BCUT2D eigenvalue weighted by atomic mass is 15.3. The van der Waals surface area contributed by atoms with Crippen molar-refractivity contribution in [3.8, 4) is 0 Å². The summed E-state index contributed by atoms with van der Waals surface area (Å²) in [5.74, 6) is 0. The standard InChI is InChI=1S/C10H19N3/c1-5-8(2)11-6-10-7-12-13(4)9(10)3/h7-8,11H,5-6H2,1-4H3/t8-/m0/s1. The Morgan fingerprint density at radius 3 is 2.77 bits per heavy atom. The van der Waals surface area contributed by atoms with E-state index in [-0.39, 0.29) is 0 Å². The number of hydrogen-bond donors (Lipinski definition) is 1. The van der Waals surface area contributed by atoms with Crippen LogP contribution in [-0.2, 0) is 13.6 Å². The number of rotatable bonds is 4. The first-order chi connectivity index (χ1) is 6.15. The van der Waals surface area contributed by atoms with Crippen molar-refractivity contribution in [1.82, 2.24) is 15.1 Å². The fourth-order valence-corrected chi connectivity index (χ4v) is 1.15. The van der Waals surface area contributed by atoms with Crippen LogP contribution in [0.2, 0.25) is 0 Å². The zero-order valence-electron chi connectivity index (χ0n) is 8.96. The van der Waals surface area contributed by atoms with Crippen molar-refractivity contribution in [2.45, 2.75) is 39.8 Å². The molecular weight excluding hydrogens is 162 g/mol. The first-order valence-electron chi connectivity index (χ1n) is 4.86. The highest BCUT2D eigenvalue weighted by Crippen LogP contribution is 2.05. The summed E-state index contributed by atoms with van der Waals surface area (Å²) in [6, 6.07) is 0.583. The Morgan fingerprint density at radius 1 is 1.62 bits per heavy atom. The molecule has 0 fully saturated rings. The predicted molar refractivity (Wildman–Crippen MR) is 54.5 cm³/mol. The van der Waals surface area contributed by atoms with E-state index >= 15 is 0 Å². The normalized spacial score (nSPS) is 13.2. The summed E-state index contributed by atoms with van der Waals surface area (Å²) < 4.78 is 1.91. The fraction of sp³-hybridized carbons (Fsp3) is 0.700. The molecule has 1 rings (SSSR count). The molecule has 13 heavy (non-hydrogen) atoms. The van der Waals surface area contributed by atoms with Gasteiger partial charge in [-0.3, -0.25) is 4.68 Å². The van der Waals surface area contributed by atoms with Crippen molar-refractivity contribution < 1.29 is 0 Å². The Kier molecular flexibility index (Phi) is 3.48. The number of aryl methyl sites for hydroxylation is 1. The minimum Gasteiger partial charge on any atom is -0.310 e. The second-order valence-corrected chi connectivity index (χ2v) is 3.57. The van der Waals surface area contributed by atoms with E-state index < -0.39 is 0 Å². The molecular formula is C10H19N3. The van der Waals surface area contributed by atoms with Gasteiger partial charge in [-0.05, 0) is 20.3 Å². The lowest BCUT2D eigenvalue weighted by molar-refractivity contribution is 0.533. The van der Waals surface area contributed by atoms with Crippen LogP contribution < -0.4 is 5.32 Å². The largest absolute Gasteiger partial charge is 0.310 e. The number of nitrogens with zero attached hydrogens (tertiary/aromatic N) is 2. The monoisotopic (exact) mass is 181 g/mol. The minimum absolute atomic E-state index is 0.583. The number of nitrogens with one attached hydrogen (secondary N) is 1. The van der Waals surface area contributed by atoms with E-state index in [0.717, 1.165) is 6.54 Å². The van der Waals surface area contributed by atoms with Crippen LogP contribution in [0.4, 0.5) is 0 Å². The Hall–Kier alpha value is -0.830. The summed E-state index contributed by atoms with van der Waals surface area (Å²) in [5, 5.41) is 7.65. The molecule has 1 atom stereocenters. The highest BCUT2D eigenvalue weighted by Gasteiger charge is 2.04. The predicted octanol–water partition coefficient (Wildman–Crippen LogP) is 1.62. The quantitative estimate of drug-likeness (QED) is 0.765. The summed E-state index contributed by atoms with van der Waals surface area (Å²) in [6.45, 7) is 7.41. The van der Waals surface area contributed by atoms with E-state index in [4.69, 9.17) is 0 Å². The molecule has 1 heterocycles. The van der Waals surface area contributed by atoms with Crippen LogP contribution in [0.15, 0.2) is 6.20 Å². The third-order valence-corrected chi connectivity index (χ3v) is 2.59. The van der Waals surface area contributed by atoms with E-state index in [2.05, 4.69) is 31.2 Å². The van der Waals surface area contributed by atoms with Gasteiger partial charge in [0.1, 0.15) is 0 Å². The third kappa shape index (κ3) is 2.56. The van der Waals surface area contributed by atoms with Gasteiger partial charge in [-0.1, -0.05) is 6.92 Å². The van der Waals surface area contributed by atoms with Crippen molar-refractivity contribution in [2.24, 2.45) is 7.05 Å². The van der Waals surface area contributed by atoms with Crippen molar-refractivity contribution in [3.63, 3.8) is 0 Å². The van der Waals surface area contributed by atoms with Gasteiger partial charge in [0.05, 0.1) is 6.20 Å². The number of hydrogen-bond acceptors (Lipinski definition) is 2. The molecule has 0 aliphatic carbocycles. The Bertz CT molecular complexity index is 265. The lowest BCUT2D eigenvalue weighted by atomic mass is 10.2. The van der Waals surface area contributed by atoms with E-state index in [9.17, 15) is 0 Å². The first-order valence-corrected chi connectivity index (χ1v) is 4.86. The molecule has 0 saturated heterocycles. The molecule has 3 heteroatoms. The van der Waals surface area contributed by atoms with Crippen LogP contribution in [0.5, 0.6) is 0 Å². The molecule has 0 aromatic carbocycles. The summed E-state index contributed by atoms with van der Waals surface area (Å²) in [6.07, 6.45) is 3.10. The summed E-state index contributed by atoms with van der Waals surface area (Å²) in [5.41, 5.74) is 2.54. The van der Waals surface area contributed by atoms with Crippen LogP contribution in [0.25, 0.3) is 0 Å². The lowest BCUT2D eigenvalue weighted by Gasteiger charge is -2.10. The number of aromatic nitrogens is 2. The average molecular weight is 181 g/mol. The molecule has 3 nitrogen and oxygen atoms in total. The van der Waals surface area contributed by atoms with Gasteiger partial charge in [0.25, 0.3) is 0 Å². The topological polar surface area (TPSA) is 29.9 Å². The van der Waals surface area contributed by atoms with Gasteiger partial charge in [-0.25, -0.2) is 0 Å². The van der Waals surface area contributed by atoms with Crippen molar-refractivity contribution in [3.05, 3.63) is 17.5 Å². The maximum atomic E-state index is 4.20. The van der Waals surface area contributed by atoms with Crippen molar-refractivity contribution in [2.75, 3.05) is 0 Å². The van der Waals surface area contributed by atoms with E-state index in [1.807, 2.05) is 17.9 Å². The zero-order chi connectivity index (χ0) is 9.84. The molecule has 0 aliphatic rings. The molecule has 0 unspecified atom stereocenters. The van der Waals surface area contributed by atoms with Gasteiger partial charge < -0.3 is 5.32 Å². The van der Waals surface area contributed by atoms with Gasteiger partial charge in [-0.15, -0.1) is 0 Å². The maximum Gasteiger partial charge on any atom is 0.0537 e. The van der Waals surface area contributed by atoms with Crippen molar-refractivity contribution >= 4 is 0 Å². The van der Waals surface area contributed by atoms with Gasteiger partial charge in [0.15, 0.2) is 0 Å². The Labute approximate surface area is 80.1 Å². The van der Waals surface area contributed by atoms with Crippen LogP contribution in [-0.4, -0.2) is 15.8 Å². The van der Waals surface area contributed by atoms with Gasteiger partial charge in [0, 0.05) is 30.9 Å². The highest BCUT2D eigenvalue weighted by molar-refractivity contribution is 5.15. The Balaban J connectivity index is 2.50. The molecule has 0 bridgehead atoms. The summed E-state index contributed by atoms with van der Waals surface area (Å²) in [7, 11) is 1.97.